The number of benzene rings is 2. The van der Waals surface area contributed by atoms with Crippen LogP contribution < -0.4 is 19.7 Å². The monoisotopic (exact) mass is 522 g/mol. The van der Waals surface area contributed by atoms with E-state index in [4.69, 9.17) is 9.47 Å². The van der Waals surface area contributed by atoms with Crippen LogP contribution in [0.1, 0.15) is 24.2 Å². The number of carbonyl (C=O) groups is 2. The maximum Gasteiger partial charge on any atom is 0.417 e. The summed E-state index contributed by atoms with van der Waals surface area (Å²) in [7, 11) is 4.76. The van der Waals surface area contributed by atoms with E-state index in [2.05, 4.69) is 34.0 Å². The zero-order valence-electron chi connectivity index (χ0n) is 22.3. The molecule has 0 aliphatic rings. The van der Waals surface area contributed by atoms with Gasteiger partial charge in [-0.15, -0.1) is 0 Å². The summed E-state index contributed by atoms with van der Waals surface area (Å²) < 4.78 is 10.6. The molecule has 0 saturated carbocycles. The topological polar surface area (TPSA) is 120 Å². The maximum atomic E-state index is 12.8. The van der Waals surface area contributed by atoms with Gasteiger partial charge in [0.15, 0.2) is 0 Å². The number of methoxy groups -OCH3 is 2. The molecule has 2 aromatic carbocycles. The van der Waals surface area contributed by atoms with Gasteiger partial charge in [-0.2, -0.15) is 4.98 Å². The van der Waals surface area contributed by atoms with E-state index in [1.807, 2.05) is 0 Å². The Bertz CT molecular complexity index is 1230. The van der Waals surface area contributed by atoms with Crippen LogP contribution in [-0.2, 0) is 0 Å². The van der Waals surface area contributed by atoms with Crippen molar-refractivity contribution in [3.05, 3.63) is 60.3 Å². The van der Waals surface area contributed by atoms with Crippen molar-refractivity contribution in [2.75, 3.05) is 57.7 Å². The van der Waals surface area contributed by atoms with Crippen LogP contribution in [0, 0.1) is 0 Å². The molecule has 0 aliphatic carbocycles. The molecule has 11 nitrogen and oxygen atoms in total. The van der Waals surface area contributed by atoms with Gasteiger partial charge in [-0.25, -0.2) is 14.7 Å². The molecule has 3 aromatic rings. The molecule has 0 aliphatic heterocycles. The fraction of sp³-hybridized carbons (Fsp3) is 0.333. The number of likely N-dealkylation sites (N-methyl/N-ethyl adjacent to an activating group) is 2. The fourth-order valence-corrected chi connectivity index (χ4v) is 3.81. The Hall–Kier alpha value is -4.38. The Morgan fingerprint density at radius 3 is 2.29 bits per heavy atom. The second kappa shape index (κ2) is 13.2. The van der Waals surface area contributed by atoms with Crippen LogP contribution in [0.15, 0.2) is 54.7 Å². The van der Waals surface area contributed by atoms with Crippen molar-refractivity contribution in [3.8, 4) is 11.5 Å². The molecule has 1 aromatic heterocycles. The van der Waals surface area contributed by atoms with Crippen LogP contribution in [0.2, 0.25) is 0 Å². The van der Waals surface area contributed by atoms with E-state index in [0.717, 1.165) is 24.5 Å². The first-order valence-corrected chi connectivity index (χ1v) is 12.2. The van der Waals surface area contributed by atoms with Gasteiger partial charge >= 0.3 is 6.09 Å². The van der Waals surface area contributed by atoms with Crippen molar-refractivity contribution in [3.63, 3.8) is 0 Å². The standard InChI is InChI=1S/C27H34N6O5/c1-6-32(7-2)17-16-31(3)25(34)19-8-10-20(11-9-19)29-26-28-15-14-24(30-26)33(27(35)36)22-13-12-21(37-4)18-23(22)38-5/h8-15,18H,6-7,16-17H2,1-5H3,(H,35,36)(H,28,29,30). The first-order chi connectivity index (χ1) is 18.3. The summed E-state index contributed by atoms with van der Waals surface area (Å²) >= 11 is 0. The number of carboxylic acid groups (broad SMARTS) is 1. The molecule has 3 rings (SSSR count). The second-order valence-electron chi connectivity index (χ2n) is 8.35. The zero-order chi connectivity index (χ0) is 27.7. The molecular weight excluding hydrogens is 488 g/mol. The van der Waals surface area contributed by atoms with E-state index in [1.54, 1.807) is 54.4 Å². The molecule has 0 fully saturated rings. The Labute approximate surface area is 222 Å². The Balaban J connectivity index is 1.75. The summed E-state index contributed by atoms with van der Waals surface area (Å²) in [5.41, 5.74) is 1.49. The van der Waals surface area contributed by atoms with Crippen molar-refractivity contribution < 1.29 is 24.2 Å². The van der Waals surface area contributed by atoms with E-state index >= 15 is 0 Å². The third kappa shape index (κ3) is 6.88. The molecule has 1 heterocycles. The average Bonchev–Trinajstić information content (AvgIpc) is 2.93. The SMILES string of the molecule is CCN(CC)CCN(C)C(=O)c1ccc(Nc2nccc(N(C(=O)O)c3ccc(OC)cc3OC)n2)cc1. The minimum absolute atomic E-state index is 0.0625. The quantitative estimate of drug-likeness (QED) is 0.355. The lowest BCUT2D eigenvalue weighted by Gasteiger charge is -2.23. The van der Waals surface area contributed by atoms with Gasteiger partial charge in [0.25, 0.3) is 5.91 Å². The smallest absolute Gasteiger partial charge is 0.417 e. The predicted octanol–water partition coefficient (Wildman–Crippen LogP) is 4.47. The lowest BCUT2D eigenvalue weighted by atomic mass is 10.2. The normalized spacial score (nSPS) is 10.7. The Kier molecular flexibility index (Phi) is 9.83. The number of anilines is 4. The van der Waals surface area contributed by atoms with Crippen LogP contribution in [0.5, 0.6) is 11.5 Å². The van der Waals surface area contributed by atoms with Gasteiger partial charge < -0.3 is 29.7 Å². The largest absolute Gasteiger partial charge is 0.497 e. The van der Waals surface area contributed by atoms with Crippen LogP contribution in [0.3, 0.4) is 0 Å². The highest BCUT2D eigenvalue weighted by molar-refractivity contribution is 5.96. The van der Waals surface area contributed by atoms with E-state index in [1.165, 1.54) is 26.5 Å². The lowest BCUT2D eigenvalue weighted by Crippen LogP contribution is -2.36. The number of nitrogens with one attached hydrogen (secondary N) is 1. The number of carbonyl (C=O) groups excluding carboxylic acids is 1. The first kappa shape index (κ1) is 28.2. The highest BCUT2D eigenvalue weighted by Crippen LogP contribution is 2.36. The lowest BCUT2D eigenvalue weighted by molar-refractivity contribution is 0.0779. The second-order valence-corrected chi connectivity index (χ2v) is 8.35. The molecule has 2 N–H and O–H groups in total. The van der Waals surface area contributed by atoms with Crippen LogP contribution in [0.4, 0.5) is 27.9 Å². The number of aromatic nitrogens is 2. The number of amides is 2. The molecule has 11 heteroatoms. The molecule has 38 heavy (non-hydrogen) atoms. The Morgan fingerprint density at radius 1 is 0.974 bits per heavy atom. The summed E-state index contributed by atoms with van der Waals surface area (Å²) in [5.74, 6) is 1.09. The molecule has 0 spiro atoms. The molecule has 0 radical (unpaired) electrons. The highest BCUT2D eigenvalue weighted by atomic mass is 16.5. The maximum absolute atomic E-state index is 12.8. The minimum atomic E-state index is -1.24. The highest BCUT2D eigenvalue weighted by Gasteiger charge is 2.23. The van der Waals surface area contributed by atoms with Crippen LogP contribution in [0.25, 0.3) is 0 Å². The van der Waals surface area contributed by atoms with E-state index < -0.39 is 6.09 Å². The van der Waals surface area contributed by atoms with Gasteiger partial charge in [-0.1, -0.05) is 13.8 Å². The van der Waals surface area contributed by atoms with E-state index in [-0.39, 0.29) is 23.4 Å². The number of hydrogen-bond donors (Lipinski definition) is 2. The molecule has 0 unspecified atom stereocenters. The number of rotatable bonds is 12. The Morgan fingerprint density at radius 2 is 1.68 bits per heavy atom. The van der Waals surface area contributed by atoms with E-state index in [9.17, 15) is 14.7 Å². The van der Waals surface area contributed by atoms with E-state index in [0.29, 0.717) is 29.3 Å². The first-order valence-electron chi connectivity index (χ1n) is 12.2. The molecular formula is C27H34N6O5. The number of ether oxygens (including phenoxy) is 2. The number of nitrogens with zero attached hydrogens (tertiary/aromatic N) is 5. The van der Waals surface area contributed by atoms with Crippen molar-refractivity contribution in [1.82, 2.24) is 19.8 Å². The summed E-state index contributed by atoms with van der Waals surface area (Å²) in [6, 6.07) is 13.3. The van der Waals surface area contributed by atoms with Gasteiger partial charge in [0.1, 0.15) is 17.3 Å². The fourth-order valence-electron chi connectivity index (χ4n) is 3.81. The summed E-state index contributed by atoms with van der Waals surface area (Å²) in [4.78, 5) is 38.6. The third-order valence-corrected chi connectivity index (χ3v) is 6.07. The third-order valence-electron chi connectivity index (χ3n) is 6.07. The van der Waals surface area contributed by atoms with Crippen LogP contribution in [-0.4, -0.2) is 84.3 Å². The van der Waals surface area contributed by atoms with Gasteiger partial charge in [-0.05, 0) is 49.5 Å². The van der Waals surface area contributed by atoms with Gasteiger partial charge in [-0.3, -0.25) is 4.79 Å². The minimum Gasteiger partial charge on any atom is -0.497 e. The molecule has 202 valence electrons. The predicted molar refractivity (Wildman–Crippen MR) is 146 cm³/mol. The summed E-state index contributed by atoms with van der Waals surface area (Å²) in [6.45, 7) is 7.55. The van der Waals surface area contributed by atoms with Gasteiger partial charge in [0, 0.05) is 49.7 Å². The van der Waals surface area contributed by atoms with Gasteiger partial charge in [0.2, 0.25) is 5.95 Å². The van der Waals surface area contributed by atoms with Crippen molar-refractivity contribution in [2.45, 2.75) is 13.8 Å². The zero-order valence-corrected chi connectivity index (χ0v) is 22.3. The van der Waals surface area contributed by atoms with Gasteiger partial charge in [0.05, 0.1) is 19.9 Å². The number of hydrogen-bond acceptors (Lipinski definition) is 8. The van der Waals surface area contributed by atoms with Crippen molar-refractivity contribution in [2.24, 2.45) is 0 Å². The molecule has 2 amide bonds. The molecule has 0 atom stereocenters. The van der Waals surface area contributed by atoms with Crippen molar-refractivity contribution >= 4 is 35.1 Å². The van der Waals surface area contributed by atoms with Crippen molar-refractivity contribution in [1.29, 1.82) is 0 Å². The summed E-state index contributed by atoms with van der Waals surface area (Å²) in [5, 5.41) is 13.0. The molecule has 0 bridgehead atoms. The summed E-state index contributed by atoms with van der Waals surface area (Å²) in [6.07, 6.45) is 0.213. The average molecular weight is 523 g/mol. The van der Waals surface area contributed by atoms with Crippen LogP contribution >= 0.6 is 0 Å². The molecule has 0 saturated heterocycles.